The van der Waals surface area contributed by atoms with E-state index in [4.69, 9.17) is 10.5 Å². The lowest BCUT2D eigenvalue weighted by atomic mass is 9.97. The first-order chi connectivity index (χ1) is 9.94. The Morgan fingerprint density at radius 1 is 1.38 bits per heavy atom. The molecule has 1 aromatic carbocycles. The predicted molar refractivity (Wildman–Crippen MR) is 74.9 cm³/mol. The van der Waals surface area contributed by atoms with Crippen LogP contribution in [0, 0.1) is 5.92 Å². The molecule has 21 heavy (non-hydrogen) atoms. The van der Waals surface area contributed by atoms with Crippen LogP contribution in [-0.4, -0.2) is 31.3 Å². The molecule has 1 heterocycles. The molecule has 1 fully saturated rings. The van der Waals surface area contributed by atoms with E-state index in [1.54, 1.807) is 7.11 Å². The monoisotopic (exact) mass is 302 g/mol. The summed E-state index contributed by atoms with van der Waals surface area (Å²) in [6.45, 7) is 1.66. The molecule has 2 rings (SSSR count). The second-order valence-electron chi connectivity index (χ2n) is 5.47. The molecule has 0 aromatic heterocycles. The van der Waals surface area contributed by atoms with Crippen molar-refractivity contribution in [3.63, 3.8) is 0 Å². The number of piperidine rings is 1. The van der Waals surface area contributed by atoms with Crippen molar-refractivity contribution in [3.05, 3.63) is 29.3 Å². The Labute approximate surface area is 122 Å². The van der Waals surface area contributed by atoms with Gasteiger partial charge in [0.15, 0.2) is 0 Å². The Morgan fingerprint density at radius 2 is 2.14 bits per heavy atom. The highest BCUT2D eigenvalue weighted by atomic mass is 19.4. The Hall–Kier alpha value is -1.27. The molecule has 0 aliphatic carbocycles. The van der Waals surface area contributed by atoms with Crippen LogP contribution in [0.25, 0.3) is 0 Å². The number of ether oxygens (including phenoxy) is 1. The average Bonchev–Trinajstić information content (AvgIpc) is 2.46. The summed E-state index contributed by atoms with van der Waals surface area (Å²) in [6.07, 6.45) is -3.28. The minimum absolute atomic E-state index is 0.0739. The second-order valence-corrected chi connectivity index (χ2v) is 5.47. The Morgan fingerprint density at radius 3 is 2.76 bits per heavy atom. The van der Waals surface area contributed by atoms with Crippen LogP contribution in [0.2, 0.25) is 0 Å². The van der Waals surface area contributed by atoms with Gasteiger partial charge in [-0.25, -0.2) is 0 Å². The number of hydrogen-bond acceptors (Lipinski definition) is 3. The fourth-order valence-electron chi connectivity index (χ4n) is 2.78. The number of methoxy groups -OCH3 is 1. The molecular formula is C15H21F3N2O. The SMILES string of the molecule is COc1cc(CN2CCCC(C(F)(F)F)C2)ccc1CN. The van der Waals surface area contributed by atoms with Crippen LogP contribution in [-0.2, 0) is 13.1 Å². The summed E-state index contributed by atoms with van der Waals surface area (Å²) in [5.41, 5.74) is 7.46. The van der Waals surface area contributed by atoms with Crippen molar-refractivity contribution >= 4 is 0 Å². The fourth-order valence-corrected chi connectivity index (χ4v) is 2.78. The molecule has 1 aliphatic rings. The van der Waals surface area contributed by atoms with Gasteiger partial charge >= 0.3 is 6.18 Å². The van der Waals surface area contributed by atoms with E-state index >= 15 is 0 Å². The van der Waals surface area contributed by atoms with Gasteiger partial charge in [0.25, 0.3) is 0 Å². The summed E-state index contributed by atoms with van der Waals surface area (Å²) in [6, 6.07) is 5.64. The normalized spacial score (nSPS) is 20.5. The van der Waals surface area contributed by atoms with Crippen LogP contribution in [0.4, 0.5) is 13.2 Å². The third kappa shape index (κ3) is 4.11. The van der Waals surface area contributed by atoms with Gasteiger partial charge in [0, 0.05) is 25.2 Å². The van der Waals surface area contributed by atoms with Crippen molar-refractivity contribution in [1.29, 1.82) is 0 Å². The molecular weight excluding hydrogens is 281 g/mol. The summed E-state index contributed by atoms with van der Waals surface area (Å²) in [5, 5.41) is 0. The van der Waals surface area contributed by atoms with Crippen LogP contribution in [0.5, 0.6) is 5.75 Å². The molecule has 0 saturated carbocycles. The number of rotatable bonds is 4. The summed E-state index contributed by atoms with van der Waals surface area (Å²) in [5.74, 6) is -0.518. The van der Waals surface area contributed by atoms with Crippen molar-refractivity contribution in [3.8, 4) is 5.75 Å². The predicted octanol–water partition coefficient (Wildman–Crippen LogP) is 2.93. The number of halogens is 3. The van der Waals surface area contributed by atoms with Gasteiger partial charge < -0.3 is 10.5 Å². The van der Waals surface area contributed by atoms with Gasteiger partial charge in [0.1, 0.15) is 5.75 Å². The van der Waals surface area contributed by atoms with Gasteiger partial charge in [0.05, 0.1) is 13.0 Å². The quantitative estimate of drug-likeness (QED) is 0.929. The first-order valence-electron chi connectivity index (χ1n) is 7.09. The van der Waals surface area contributed by atoms with Crippen molar-refractivity contribution < 1.29 is 17.9 Å². The van der Waals surface area contributed by atoms with Crippen LogP contribution in [0.15, 0.2) is 18.2 Å². The highest BCUT2D eigenvalue weighted by Gasteiger charge is 2.41. The fraction of sp³-hybridized carbons (Fsp3) is 0.600. The molecule has 0 radical (unpaired) electrons. The Bertz CT molecular complexity index is 476. The number of alkyl halides is 3. The maximum Gasteiger partial charge on any atom is 0.393 e. The lowest BCUT2D eigenvalue weighted by Gasteiger charge is -2.33. The zero-order valence-electron chi connectivity index (χ0n) is 12.1. The Balaban J connectivity index is 2.04. The number of nitrogens with two attached hydrogens (primary N) is 1. The highest BCUT2D eigenvalue weighted by Crippen LogP contribution is 2.33. The van der Waals surface area contributed by atoms with E-state index in [9.17, 15) is 13.2 Å². The molecule has 1 atom stereocenters. The van der Waals surface area contributed by atoms with E-state index in [0.717, 1.165) is 11.1 Å². The molecule has 0 spiro atoms. The minimum atomic E-state index is -4.10. The van der Waals surface area contributed by atoms with E-state index in [0.29, 0.717) is 31.8 Å². The van der Waals surface area contributed by atoms with E-state index < -0.39 is 12.1 Å². The Kier molecular flexibility index (Phi) is 5.11. The van der Waals surface area contributed by atoms with Crippen LogP contribution in [0.1, 0.15) is 24.0 Å². The molecule has 2 N–H and O–H groups in total. The first kappa shape index (κ1) is 16.1. The minimum Gasteiger partial charge on any atom is -0.496 e. The smallest absolute Gasteiger partial charge is 0.393 e. The van der Waals surface area contributed by atoms with E-state index in [1.165, 1.54) is 0 Å². The lowest BCUT2D eigenvalue weighted by molar-refractivity contribution is -0.187. The summed E-state index contributed by atoms with van der Waals surface area (Å²) >= 11 is 0. The van der Waals surface area contributed by atoms with Gasteiger partial charge in [-0.05, 0) is 31.0 Å². The van der Waals surface area contributed by atoms with Crippen LogP contribution in [0.3, 0.4) is 0 Å². The molecule has 0 bridgehead atoms. The molecule has 1 aliphatic heterocycles. The van der Waals surface area contributed by atoms with Crippen molar-refractivity contribution in [2.45, 2.75) is 32.1 Å². The largest absolute Gasteiger partial charge is 0.496 e. The number of likely N-dealkylation sites (tertiary alicyclic amines) is 1. The van der Waals surface area contributed by atoms with Gasteiger partial charge in [-0.3, -0.25) is 4.90 Å². The number of benzene rings is 1. The number of nitrogens with zero attached hydrogens (tertiary/aromatic N) is 1. The first-order valence-corrected chi connectivity index (χ1v) is 7.09. The van der Waals surface area contributed by atoms with Gasteiger partial charge in [-0.1, -0.05) is 12.1 Å². The lowest BCUT2D eigenvalue weighted by Crippen LogP contribution is -2.41. The maximum atomic E-state index is 12.8. The maximum absolute atomic E-state index is 12.8. The van der Waals surface area contributed by atoms with E-state index in [-0.39, 0.29) is 13.0 Å². The molecule has 0 amide bonds. The molecule has 118 valence electrons. The summed E-state index contributed by atoms with van der Waals surface area (Å²) in [7, 11) is 1.57. The topological polar surface area (TPSA) is 38.5 Å². The number of hydrogen-bond donors (Lipinski definition) is 1. The van der Waals surface area contributed by atoms with Crippen LogP contribution < -0.4 is 10.5 Å². The van der Waals surface area contributed by atoms with Gasteiger partial charge in [-0.2, -0.15) is 13.2 Å². The van der Waals surface area contributed by atoms with Crippen LogP contribution >= 0.6 is 0 Å². The van der Waals surface area contributed by atoms with E-state index in [1.807, 2.05) is 23.1 Å². The zero-order valence-corrected chi connectivity index (χ0v) is 12.1. The second kappa shape index (κ2) is 6.66. The third-order valence-electron chi connectivity index (χ3n) is 3.95. The molecule has 3 nitrogen and oxygen atoms in total. The standard InChI is InChI=1S/C15H21F3N2O/c1-21-14-7-11(4-5-12(14)8-19)9-20-6-2-3-13(10-20)15(16,17)18/h4-5,7,13H,2-3,6,8-10,19H2,1H3. The van der Waals surface area contributed by atoms with Crippen molar-refractivity contribution in [1.82, 2.24) is 4.90 Å². The summed E-state index contributed by atoms with van der Waals surface area (Å²) in [4.78, 5) is 1.86. The van der Waals surface area contributed by atoms with E-state index in [2.05, 4.69) is 0 Å². The molecule has 6 heteroatoms. The molecule has 1 aromatic rings. The molecule has 1 saturated heterocycles. The summed E-state index contributed by atoms with van der Waals surface area (Å²) < 4.78 is 43.7. The average molecular weight is 302 g/mol. The van der Waals surface area contributed by atoms with Crippen molar-refractivity contribution in [2.24, 2.45) is 11.7 Å². The van der Waals surface area contributed by atoms with Crippen molar-refractivity contribution in [2.75, 3.05) is 20.2 Å². The molecule has 1 unspecified atom stereocenters. The van der Waals surface area contributed by atoms with Gasteiger partial charge in [-0.15, -0.1) is 0 Å². The third-order valence-corrected chi connectivity index (χ3v) is 3.95. The van der Waals surface area contributed by atoms with Gasteiger partial charge in [0.2, 0.25) is 0 Å². The highest BCUT2D eigenvalue weighted by molar-refractivity contribution is 5.37. The zero-order chi connectivity index (χ0) is 15.5.